The maximum atomic E-state index is 12.9. The number of imide groups is 1. The number of carbonyl (C=O) groups excluding carboxylic acids is 3. The monoisotopic (exact) mass is 432 g/mol. The largest absolute Gasteiger partial charge is 0.458 e. The fourth-order valence-corrected chi connectivity index (χ4v) is 4.47. The van der Waals surface area contributed by atoms with Crippen molar-refractivity contribution in [3.8, 4) is 0 Å². The number of nitrogens with one attached hydrogen (secondary N) is 1. The number of urea groups is 1. The SMILES string of the molecule is CC1(c2cc3ccccc3o2)NC(=O)N(CC(=O)c2sccc2Br)C1=O. The molecule has 1 fully saturated rings. The zero-order valence-corrected chi connectivity index (χ0v) is 16.0. The molecule has 1 N–H and O–H groups in total. The minimum Gasteiger partial charge on any atom is -0.458 e. The number of hydrogen-bond donors (Lipinski definition) is 1. The molecule has 0 bridgehead atoms. The number of rotatable bonds is 4. The lowest BCUT2D eigenvalue weighted by atomic mass is 9.99. The average molecular weight is 433 g/mol. The van der Waals surface area contributed by atoms with Gasteiger partial charge in [-0.25, -0.2) is 4.79 Å². The number of amides is 3. The standard InChI is InChI=1S/C18H13BrN2O4S/c1-18(14-8-10-4-2-3-5-13(10)25-14)16(23)21(17(24)20-18)9-12(22)15-11(19)6-7-26-15/h2-8H,9H2,1H3,(H,20,24). The highest BCUT2D eigenvalue weighted by Gasteiger charge is 2.51. The van der Waals surface area contributed by atoms with Gasteiger partial charge in [0.05, 0.1) is 11.4 Å². The number of ketones is 1. The van der Waals surface area contributed by atoms with Crippen LogP contribution in [0.5, 0.6) is 0 Å². The Morgan fingerprint density at radius 3 is 2.77 bits per heavy atom. The van der Waals surface area contributed by atoms with Crippen LogP contribution >= 0.6 is 27.3 Å². The van der Waals surface area contributed by atoms with Crippen molar-refractivity contribution in [1.29, 1.82) is 0 Å². The van der Waals surface area contributed by atoms with Crippen LogP contribution in [0.4, 0.5) is 4.79 Å². The Labute approximate surface area is 160 Å². The number of Topliss-reactive ketones (excluding diaryl/α,β-unsaturated/α-hetero) is 1. The van der Waals surface area contributed by atoms with Crippen LogP contribution in [-0.4, -0.2) is 29.2 Å². The van der Waals surface area contributed by atoms with Gasteiger partial charge < -0.3 is 9.73 Å². The summed E-state index contributed by atoms with van der Waals surface area (Å²) in [5, 5.41) is 5.26. The molecule has 4 rings (SSSR count). The van der Waals surface area contributed by atoms with E-state index < -0.39 is 17.5 Å². The molecule has 1 unspecified atom stereocenters. The number of benzene rings is 1. The molecule has 26 heavy (non-hydrogen) atoms. The summed E-state index contributed by atoms with van der Waals surface area (Å²) < 4.78 is 6.42. The molecule has 0 radical (unpaired) electrons. The van der Waals surface area contributed by atoms with Gasteiger partial charge in [0.25, 0.3) is 5.91 Å². The minimum absolute atomic E-state index is 0.302. The van der Waals surface area contributed by atoms with E-state index in [0.29, 0.717) is 20.7 Å². The van der Waals surface area contributed by atoms with E-state index >= 15 is 0 Å². The Balaban J connectivity index is 1.64. The molecule has 0 aliphatic carbocycles. The molecular formula is C18H13BrN2O4S. The van der Waals surface area contributed by atoms with Crippen molar-refractivity contribution in [2.24, 2.45) is 0 Å². The van der Waals surface area contributed by atoms with Crippen molar-refractivity contribution in [3.05, 3.63) is 56.9 Å². The quantitative estimate of drug-likeness (QED) is 0.500. The molecule has 1 atom stereocenters. The molecule has 1 saturated heterocycles. The Hall–Kier alpha value is -2.45. The summed E-state index contributed by atoms with van der Waals surface area (Å²) in [6.45, 7) is 1.26. The molecule has 1 aromatic carbocycles. The number of carbonyl (C=O) groups is 3. The van der Waals surface area contributed by atoms with Crippen LogP contribution in [-0.2, 0) is 10.3 Å². The molecule has 0 spiro atoms. The van der Waals surface area contributed by atoms with Crippen molar-refractivity contribution in [1.82, 2.24) is 10.2 Å². The Morgan fingerprint density at radius 2 is 2.08 bits per heavy atom. The van der Waals surface area contributed by atoms with Gasteiger partial charge in [0.2, 0.25) is 0 Å². The van der Waals surface area contributed by atoms with E-state index in [1.54, 1.807) is 30.5 Å². The second-order valence-electron chi connectivity index (χ2n) is 6.12. The van der Waals surface area contributed by atoms with Crippen LogP contribution in [0.2, 0.25) is 0 Å². The fraction of sp³-hybridized carbons (Fsp3) is 0.167. The summed E-state index contributed by atoms with van der Waals surface area (Å²) in [6.07, 6.45) is 0. The Morgan fingerprint density at radius 1 is 1.31 bits per heavy atom. The normalized spacial score (nSPS) is 20.0. The number of fused-ring (bicyclic) bond motifs is 1. The Kier molecular flexibility index (Phi) is 3.96. The molecule has 6 nitrogen and oxygen atoms in total. The van der Waals surface area contributed by atoms with Gasteiger partial charge in [0.1, 0.15) is 11.3 Å². The molecule has 8 heteroatoms. The predicted molar refractivity (Wildman–Crippen MR) is 100 cm³/mol. The van der Waals surface area contributed by atoms with Gasteiger partial charge in [-0.15, -0.1) is 11.3 Å². The number of nitrogens with zero attached hydrogens (tertiary/aromatic N) is 1. The second-order valence-corrected chi connectivity index (χ2v) is 7.89. The van der Waals surface area contributed by atoms with Crippen LogP contribution in [0, 0.1) is 0 Å². The third kappa shape index (κ3) is 2.57. The highest BCUT2D eigenvalue weighted by molar-refractivity contribution is 9.10. The van der Waals surface area contributed by atoms with E-state index in [4.69, 9.17) is 4.42 Å². The lowest BCUT2D eigenvalue weighted by molar-refractivity contribution is -0.131. The van der Waals surface area contributed by atoms with Gasteiger partial charge in [-0.3, -0.25) is 14.5 Å². The first-order chi connectivity index (χ1) is 12.4. The topological polar surface area (TPSA) is 79.6 Å². The first-order valence-corrected chi connectivity index (χ1v) is 9.47. The number of hydrogen-bond acceptors (Lipinski definition) is 5. The first kappa shape index (κ1) is 17.0. The molecule has 2 aromatic heterocycles. The molecule has 3 aromatic rings. The molecular weight excluding hydrogens is 420 g/mol. The highest BCUT2D eigenvalue weighted by atomic mass is 79.9. The highest BCUT2D eigenvalue weighted by Crippen LogP contribution is 2.33. The van der Waals surface area contributed by atoms with Crippen molar-refractivity contribution >= 4 is 56.0 Å². The summed E-state index contributed by atoms with van der Waals surface area (Å²) in [6, 6.07) is 10.2. The lowest BCUT2D eigenvalue weighted by Gasteiger charge is -2.18. The van der Waals surface area contributed by atoms with Crippen LogP contribution in [0.1, 0.15) is 22.4 Å². The number of para-hydroxylation sites is 1. The number of thiophene rings is 1. The van der Waals surface area contributed by atoms with E-state index in [0.717, 1.165) is 10.3 Å². The van der Waals surface area contributed by atoms with Crippen molar-refractivity contribution in [2.45, 2.75) is 12.5 Å². The Bertz CT molecular complexity index is 1020. The molecule has 132 valence electrons. The summed E-state index contributed by atoms with van der Waals surface area (Å²) in [4.78, 5) is 39.1. The number of halogens is 1. The third-order valence-corrected chi connectivity index (χ3v) is 6.24. The van der Waals surface area contributed by atoms with Crippen LogP contribution < -0.4 is 5.32 Å². The zero-order chi connectivity index (χ0) is 18.5. The van der Waals surface area contributed by atoms with E-state index in [1.165, 1.54) is 11.3 Å². The fourth-order valence-electron chi connectivity index (χ4n) is 2.94. The smallest absolute Gasteiger partial charge is 0.325 e. The van der Waals surface area contributed by atoms with Gasteiger partial charge in [-0.05, 0) is 46.4 Å². The zero-order valence-electron chi connectivity index (χ0n) is 13.6. The molecule has 1 aliphatic heterocycles. The molecule has 0 saturated carbocycles. The van der Waals surface area contributed by atoms with Crippen LogP contribution in [0.25, 0.3) is 11.0 Å². The van der Waals surface area contributed by atoms with E-state index in [9.17, 15) is 14.4 Å². The maximum absolute atomic E-state index is 12.9. The van der Waals surface area contributed by atoms with Gasteiger partial charge in [-0.1, -0.05) is 18.2 Å². The lowest BCUT2D eigenvalue weighted by Crippen LogP contribution is -2.41. The minimum atomic E-state index is -1.34. The van der Waals surface area contributed by atoms with Crippen LogP contribution in [0.15, 0.2) is 50.7 Å². The average Bonchev–Trinajstić information content (AvgIpc) is 3.29. The molecule has 3 heterocycles. The third-order valence-electron chi connectivity index (χ3n) is 4.37. The van der Waals surface area contributed by atoms with Crippen molar-refractivity contribution < 1.29 is 18.8 Å². The summed E-state index contributed by atoms with van der Waals surface area (Å²) in [7, 11) is 0. The van der Waals surface area contributed by atoms with Gasteiger partial charge >= 0.3 is 6.03 Å². The number of furan rings is 1. The van der Waals surface area contributed by atoms with E-state index in [1.807, 2.05) is 18.2 Å². The van der Waals surface area contributed by atoms with Gasteiger partial charge in [-0.2, -0.15) is 0 Å². The molecule has 1 aliphatic rings. The van der Waals surface area contributed by atoms with E-state index in [-0.39, 0.29) is 12.3 Å². The van der Waals surface area contributed by atoms with Gasteiger partial charge in [0, 0.05) is 9.86 Å². The summed E-state index contributed by atoms with van der Waals surface area (Å²) in [5.41, 5.74) is -0.717. The van der Waals surface area contributed by atoms with Gasteiger partial charge in [0.15, 0.2) is 11.3 Å². The van der Waals surface area contributed by atoms with Crippen molar-refractivity contribution in [2.75, 3.05) is 6.54 Å². The van der Waals surface area contributed by atoms with Crippen LogP contribution in [0.3, 0.4) is 0 Å². The second kappa shape index (κ2) is 6.07. The van der Waals surface area contributed by atoms with Crippen molar-refractivity contribution in [3.63, 3.8) is 0 Å². The summed E-state index contributed by atoms with van der Waals surface area (Å²) >= 11 is 4.55. The van der Waals surface area contributed by atoms with E-state index in [2.05, 4.69) is 21.2 Å². The maximum Gasteiger partial charge on any atom is 0.325 e. The predicted octanol–water partition coefficient (Wildman–Crippen LogP) is 3.91. The summed E-state index contributed by atoms with van der Waals surface area (Å²) in [5.74, 6) is -0.476. The first-order valence-electron chi connectivity index (χ1n) is 7.79. The molecule has 3 amide bonds.